The fraction of sp³-hybridized carbons (Fsp3) is 0.583. The molecule has 1 fully saturated rings. The van der Waals surface area contributed by atoms with Crippen LogP contribution in [0.5, 0.6) is 0 Å². The maximum Gasteiger partial charge on any atom is 0.0740 e. The van der Waals surface area contributed by atoms with E-state index in [9.17, 15) is 0 Å². The highest BCUT2D eigenvalue weighted by Crippen LogP contribution is 2.30. The molecule has 3 heteroatoms. The minimum absolute atomic E-state index is 0.642. The maximum atomic E-state index is 5.49. The quantitative estimate of drug-likeness (QED) is 0.754. The first-order chi connectivity index (χ1) is 7.45. The number of rotatable bonds is 1. The van der Waals surface area contributed by atoms with Gasteiger partial charge in [-0.3, -0.25) is 4.98 Å². The Labute approximate surface area is 89.9 Å². The van der Waals surface area contributed by atoms with Crippen LogP contribution in [0.4, 0.5) is 0 Å². The van der Waals surface area contributed by atoms with Gasteiger partial charge in [-0.05, 0) is 36.4 Å². The van der Waals surface area contributed by atoms with Gasteiger partial charge in [-0.15, -0.1) is 0 Å². The van der Waals surface area contributed by atoms with Crippen molar-refractivity contribution >= 4 is 0 Å². The lowest BCUT2D eigenvalue weighted by atomic mass is 9.89. The Morgan fingerprint density at radius 3 is 3.20 bits per heavy atom. The van der Waals surface area contributed by atoms with E-state index in [1.165, 1.54) is 29.5 Å². The first kappa shape index (κ1) is 9.31. The van der Waals surface area contributed by atoms with E-state index in [0.717, 1.165) is 26.3 Å². The molecule has 0 aliphatic carbocycles. The van der Waals surface area contributed by atoms with Gasteiger partial charge < -0.3 is 10.1 Å². The molecule has 80 valence electrons. The van der Waals surface area contributed by atoms with E-state index in [1.807, 2.05) is 12.4 Å². The summed E-state index contributed by atoms with van der Waals surface area (Å²) < 4.78 is 5.49. The monoisotopic (exact) mass is 204 g/mol. The molecule has 0 radical (unpaired) electrons. The Bertz CT molecular complexity index is 359. The van der Waals surface area contributed by atoms with Crippen LogP contribution in [0, 0.1) is 0 Å². The Kier molecular flexibility index (Phi) is 2.43. The highest BCUT2D eigenvalue weighted by molar-refractivity contribution is 5.35. The molecule has 1 aromatic rings. The molecule has 0 aromatic carbocycles. The van der Waals surface area contributed by atoms with E-state index in [-0.39, 0.29) is 0 Å². The van der Waals surface area contributed by atoms with Gasteiger partial charge in [0.25, 0.3) is 0 Å². The summed E-state index contributed by atoms with van der Waals surface area (Å²) in [5.74, 6) is 0.642. The largest absolute Gasteiger partial charge is 0.372 e. The third kappa shape index (κ3) is 1.66. The van der Waals surface area contributed by atoms with Crippen LogP contribution in [-0.2, 0) is 18.0 Å². The molecule has 2 aliphatic rings. The highest BCUT2D eigenvalue weighted by atomic mass is 16.5. The van der Waals surface area contributed by atoms with E-state index in [0.29, 0.717) is 5.92 Å². The van der Waals surface area contributed by atoms with E-state index < -0.39 is 0 Å². The molecule has 2 aliphatic heterocycles. The Hall–Kier alpha value is -0.930. The minimum Gasteiger partial charge on any atom is -0.372 e. The normalized spacial score (nSPS) is 25.2. The van der Waals surface area contributed by atoms with Crippen LogP contribution >= 0.6 is 0 Å². The number of pyridine rings is 1. The molecular weight excluding hydrogens is 188 g/mol. The van der Waals surface area contributed by atoms with Gasteiger partial charge in [-0.1, -0.05) is 0 Å². The SMILES string of the molecule is c1ncc(C2CCCNC2)c2c1COC2. The number of piperidine rings is 1. The molecule has 0 spiro atoms. The fourth-order valence-electron chi connectivity index (χ4n) is 2.58. The zero-order valence-electron chi connectivity index (χ0n) is 8.83. The summed E-state index contributed by atoms with van der Waals surface area (Å²) in [7, 11) is 0. The molecule has 1 atom stereocenters. The lowest BCUT2D eigenvalue weighted by molar-refractivity contribution is 0.134. The summed E-state index contributed by atoms with van der Waals surface area (Å²) in [4.78, 5) is 4.32. The summed E-state index contributed by atoms with van der Waals surface area (Å²) in [6.07, 6.45) is 6.54. The van der Waals surface area contributed by atoms with Gasteiger partial charge in [0.2, 0.25) is 0 Å². The minimum atomic E-state index is 0.642. The molecule has 0 saturated carbocycles. The van der Waals surface area contributed by atoms with Crippen LogP contribution in [0.1, 0.15) is 35.4 Å². The van der Waals surface area contributed by atoms with Gasteiger partial charge in [-0.25, -0.2) is 0 Å². The second-order valence-electron chi connectivity index (χ2n) is 4.40. The molecule has 3 heterocycles. The number of hydrogen-bond acceptors (Lipinski definition) is 3. The van der Waals surface area contributed by atoms with E-state index in [1.54, 1.807) is 0 Å². The lowest BCUT2D eigenvalue weighted by Gasteiger charge is -2.24. The summed E-state index contributed by atoms with van der Waals surface area (Å²) >= 11 is 0. The van der Waals surface area contributed by atoms with Crippen molar-refractivity contribution in [1.29, 1.82) is 0 Å². The van der Waals surface area contributed by atoms with Crippen LogP contribution in [0.2, 0.25) is 0 Å². The zero-order chi connectivity index (χ0) is 10.1. The van der Waals surface area contributed by atoms with Crippen molar-refractivity contribution in [1.82, 2.24) is 10.3 Å². The van der Waals surface area contributed by atoms with Crippen molar-refractivity contribution in [2.45, 2.75) is 32.0 Å². The summed E-state index contributed by atoms with van der Waals surface area (Å²) in [6.45, 7) is 3.79. The average Bonchev–Trinajstić information content (AvgIpc) is 2.78. The first-order valence-electron chi connectivity index (χ1n) is 5.69. The molecule has 0 bridgehead atoms. The smallest absolute Gasteiger partial charge is 0.0740 e. The van der Waals surface area contributed by atoms with Gasteiger partial charge >= 0.3 is 0 Å². The van der Waals surface area contributed by atoms with Crippen LogP contribution in [-0.4, -0.2) is 18.1 Å². The highest BCUT2D eigenvalue weighted by Gasteiger charge is 2.22. The first-order valence-corrected chi connectivity index (χ1v) is 5.69. The van der Waals surface area contributed by atoms with Gasteiger partial charge in [0, 0.05) is 24.5 Å². The molecule has 3 nitrogen and oxygen atoms in total. The Balaban J connectivity index is 1.93. The van der Waals surface area contributed by atoms with Crippen LogP contribution in [0.25, 0.3) is 0 Å². The summed E-state index contributed by atoms with van der Waals surface area (Å²) in [5.41, 5.74) is 4.11. The standard InChI is InChI=1S/C12H16N2O/c1-2-9(4-13-3-1)11-6-14-5-10-7-15-8-12(10)11/h5-6,9,13H,1-4,7-8H2. The zero-order valence-corrected chi connectivity index (χ0v) is 8.83. The topological polar surface area (TPSA) is 34.2 Å². The molecule has 1 saturated heterocycles. The predicted molar refractivity (Wildman–Crippen MR) is 57.6 cm³/mol. The summed E-state index contributed by atoms with van der Waals surface area (Å²) in [5, 5.41) is 3.46. The third-order valence-corrected chi connectivity index (χ3v) is 3.42. The van der Waals surface area contributed by atoms with Crippen molar-refractivity contribution in [3.05, 3.63) is 29.1 Å². The number of nitrogens with zero attached hydrogens (tertiary/aromatic N) is 1. The van der Waals surface area contributed by atoms with Gasteiger partial charge in [0.1, 0.15) is 0 Å². The number of fused-ring (bicyclic) bond motifs is 1. The fourth-order valence-corrected chi connectivity index (χ4v) is 2.58. The van der Waals surface area contributed by atoms with Crippen LogP contribution in [0.15, 0.2) is 12.4 Å². The second-order valence-corrected chi connectivity index (χ2v) is 4.40. The second kappa shape index (κ2) is 3.91. The van der Waals surface area contributed by atoms with Crippen molar-refractivity contribution in [3.8, 4) is 0 Å². The molecule has 15 heavy (non-hydrogen) atoms. The molecule has 0 amide bonds. The van der Waals surface area contributed by atoms with Gasteiger partial charge in [0.15, 0.2) is 0 Å². The maximum absolute atomic E-state index is 5.49. The van der Waals surface area contributed by atoms with E-state index in [2.05, 4.69) is 10.3 Å². The number of nitrogens with one attached hydrogen (secondary N) is 1. The van der Waals surface area contributed by atoms with Crippen LogP contribution in [0.3, 0.4) is 0 Å². The molecule has 1 aromatic heterocycles. The van der Waals surface area contributed by atoms with Crippen molar-refractivity contribution < 1.29 is 4.74 Å². The number of hydrogen-bond donors (Lipinski definition) is 1. The van der Waals surface area contributed by atoms with Crippen LogP contribution < -0.4 is 5.32 Å². The third-order valence-electron chi connectivity index (χ3n) is 3.42. The molecule has 1 N–H and O–H groups in total. The van der Waals surface area contributed by atoms with Crippen molar-refractivity contribution in [2.75, 3.05) is 13.1 Å². The Morgan fingerprint density at radius 1 is 1.33 bits per heavy atom. The molecular formula is C12H16N2O. The predicted octanol–water partition coefficient (Wildman–Crippen LogP) is 1.58. The van der Waals surface area contributed by atoms with E-state index >= 15 is 0 Å². The number of aromatic nitrogens is 1. The summed E-state index contributed by atoms with van der Waals surface area (Å²) in [6, 6.07) is 0. The molecule has 3 rings (SSSR count). The van der Waals surface area contributed by atoms with Gasteiger partial charge in [-0.2, -0.15) is 0 Å². The Morgan fingerprint density at radius 2 is 2.33 bits per heavy atom. The average molecular weight is 204 g/mol. The van der Waals surface area contributed by atoms with E-state index in [4.69, 9.17) is 4.74 Å². The van der Waals surface area contributed by atoms with Crippen molar-refractivity contribution in [3.63, 3.8) is 0 Å². The number of ether oxygens (including phenoxy) is 1. The lowest BCUT2D eigenvalue weighted by Crippen LogP contribution is -2.29. The molecule has 1 unspecified atom stereocenters. The van der Waals surface area contributed by atoms with Gasteiger partial charge in [0.05, 0.1) is 13.2 Å². The van der Waals surface area contributed by atoms with Crippen molar-refractivity contribution in [2.24, 2.45) is 0 Å².